The van der Waals surface area contributed by atoms with Gasteiger partial charge in [0.25, 0.3) is 5.91 Å². The molecule has 4 rings (SSSR count). The van der Waals surface area contributed by atoms with E-state index in [9.17, 15) is 9.90 Å². The Morgan fingerprint density at radius 1 is 1.22 bits per heavy atom. The summed E-state index contributed by atoms with van der Waals surface area (Å²) in [7, 11) is 0. The van der Waals surface area contributed by atoms with Gasteiger partial charge < -0.3 is 15.0 Å². The molecule has 0 saturated heterocycles. The Labute approximate surface area is 138 Å². The van der Waals surface area contributed by atoms with Crippen LogP contribution in [-0.2, 0) is 10.4 Å². The Bertz CT molecular complexity index is 934. The zero-order valence-electron chi connectivity index (χ0n) is 12.5. The number of hydrogen-bond donors (Lipinski definition) is 2. The first-order chi connectivity index (χ1) is 11.1. The van der Waals surface area contributed by atoms with Crippen LogP contribution in [0.4, 0.5) is 5.69 Å². The molecule has 1 aliphatic heterocycles. The fraction of sp³-hybridized carbons (Fsp3) is 0.167. The fourth-order valence-corrected chi connectivity index (χ4v) is 3.57. The van der Waals surface area contributed by atoms with Crippen molar-refractivity contribution in [2.24, 2.45) is 0 Å². The van der Waals surface area contributed by atoms with Crippen molar-refractivity contribution >= 4 is 34.1 Å². The molecule has 0 radical (unpaired) electrons. The van der Waals surface area contributed by atoms with Crippen LogP contribution < -0.4 is 4.90 Å². The Morgan fingerprint density at radius 3 is 2.78 bits per heavy atom. The standard InChI is InChI=1S/C18H15ClN2O2/c1-2-21-16-8-7-11(19)9-13(16)18(23,17(21)22)14-10-20-15-6-4-3-5-12(14)15/h3-10,20,23H,2H2,1H3. The minimum atomic E-state index is -1.73. The molecule has 3 aromatic rings. The van der Waals surface area contributed by atoms with Gasteiger partial charge in [0, 0.05) is 39.8 Å². The summed E-state index contributed by atoms with van der Waals surface area (Å²) in [6, 6.07) is 12.8. The lowest BCUT2D eigenvalue weighted by molar-refractivity contribution is -0.132. The van der Waals surface area contributed by atoms with Crippen molar-refractivity contribution in [1.82, 2.24) is 4.98 Å². The molecule has 0 saturated carbocycles. The Morgan fingerprint density at radius 2 is 2.00 bits per heavy atom. The van der Waals surface area contributed by atoms with Gasteiger partial charge in [-0.3, -0.25) is 4.79 Å². The van der Waals surface area contributed by atoms with Crippen LogP contribution in [0.2, 0.25) is 5.02 Å². The van der Waals surface area contributed by atoms with E-state index >= 15 is 0 Å². The second kappa shape index (κ2) is 4.85. The first-order valence-electron chi connectivity index (χ1n) is 7.48. The quantitative estimate of drug-likeness (QED) is 0.758. The molecule has 2 N–H and O–H groups in total. The number of likely N-dealkylation sites (N-methyl/N-ethyl adjacent to an activating group) is 1. The molecule has 1 amide bonds. The zero-order chi connectivity index (χ0) is 16.2. The van der Waals surface area contributed by atoms with E-state index in [-0.39, 0.29) is 5.91 Å². The maximum Gasteiger partial charge on any atom is 0.268 e. The van der Waals surface area contributed by atoms with Gasteiger partial charge in [-0.1, -0.05) is 29.8 Å². The number of fused-ring (bicyclic) bond motifs is 2. The maximum atomic E-state index is 13.0. The van der Waals surface area contributed by atoms with Crippen LogP contribution in [0.5, 0.6) is 0 Å². The SMILES string of the molecule is CCN1C(=O)C(O)(c2c[nH]c3ccccc23)c2cc(Cl)ccc21. The van der Waals surface area contributed by atoms with Gasteiger partial charge in [-0.2, -0.15) is 0 Å². The van der Waals surface area contributed by atoms with Crippen LogP contribution in [-0.4, -0.2) is 22.5 Å². The minimum Gasteiger partial charge on any atom is -0.372 e. The lowest BCUT2D eigenvalue weighted by atomic mass is 9.87. The van der Waals surface area contributed by atoms with Crippen molar-refractivity contribution in [3.63, 3.8) is 0 Å². The lowest BCUT2D eigenvalue weighted by Gasteiger charge is -2.22. The molecule has 5 heteroatoms. The number of halogens is 1. The number of benzene rings is 2. The summed E-state index contributed by atoms with van der Waals surface area (Å²) >= 11 is 6.12. The fourth-order valence-electron chi connectivity index (χ4n) is 3.40. The van der Waals surface area contributed by atoms with Crippen LogP contribution >= 0.6 is 11.6 Å². The first-order valence-corrected chi connectivity index (χ1v) is 7.86. The number of para-hydroxylation sites is 1. The van der Waals surface area contributed by atoms with E-state index in [4.69, 9.17) is 11.6 Å². The van der Waals surface area contributed by atoms with Crippen LogP contribution in [0.15, 0.2) is 48.7 Å². The molecule has 116 valence electrons. The molecule has 1 unspecified atom stereocenters. The number of hydrogen-bond acceptors (Lipinski definition) is 2. The molecule has 1 atom stereocenters. The third-order valence-electron chi connectivity index (χ3n) is 4.49. The van der Waals surface area contributed by atoms with Gasteiger partial charge in [-0.05, 0) is 31.2 Å². The van der Waals surface area contributed by atoms with Crippen molar-refractivity contribution in [1.29, 1.82) is 0 Å². The van der Waals surface area contributed by atoms with E-state index in [1.807, 2.05) is 31.2 Å². The highest BCUT2D eigenvalue weighted by Gasteiger charge is 2.51. The number of carbonyl (C=O) groups is 1. The molecule has 4 nitrogen and oxygen atoms in total. The smallest absolute Gasteiger partial charge is 0.268 e. The van der Waals surface area contributed by atoms with Gasteiger partial charge in [-0.25, -0.2) is 0 Å². The van der Waals surface area contributed by atoms with Crippen molar-refractivity contribution in [2.75, 3.05) is 11.4 Å². The number of rotatable bonds is 2. The highest BCUT2D eigenvalue weighted by molar-refractivity contribution is 6.31. The van der Waals surface area contributed by atoms with E-state index in [2.05, 4.69) is 4.98 Å². The molecule has 1 aliphatic rings. The number of amides is 1. The number of aromatic nitrogens is 1. The second-order valence-corrected chi connectivity index (χ2v) is 6.11. The Kier molecular flexibility index (Phi) is 3.01. The molecular weight excluding hydrogens is 312 g/mol. The molecule has 2 aromatic carbocycles. The van der Waals surface area contributed by atoms with Crippen LogP contribution in [0.3, 0.4) is 0 Å². The minimum absolute atomic E-state index is 0.345. The summed E-state index contributed by atoms with van der Waals surface area (Å²) in [5, 5.41) is 12.7. The van der Waals surface area contributed by atoms with Crippen molar-refractivity contribution in [3.8, 4) is 0 Å². The summed E-state index contributed by atoms with van der Waals surface area (Å²) in [6.07, 6.45) is 1.70. The predicted molar refractivity (Wildman–Crippen MR) is 90.8 cm³/mol. The lowest BCUT2D eigenvalue weighted by Crippen LogP contribution is -2.41. The number of nitrogens with one attached hydrogen (secondary N) is 1. The topological polar surface area (TPSA) is 56.3 Å². The molecule has 2 heterocycles. The highest BCUT2D eigenvalue weighted by Crippen LogP contribution is 2.47. The van der Waals surface area contributed by atoms with E-state index < -0.39 is 5.60 Å². The van der Waals surface area contributed by atoms with Gasteiger partial charge in [0.2, 0.25) is 0 Å². The molecule has 1 aromatic heterocycles. The normalized spacial score (nSPS) is 20.3. The molecule has 23 heavy (non-hydrogen) atoms. The largest absolute Gasteiger partial charge is 0.372 e. The number of carbonyl (C=O) groups excluding carboxylic acids is 1. The molecule has 0 fully saturated rings. The van der Waals surface area contributed by atoms with E-state index in [0.29, 0.717) is 28.4 Å². The van der Waals surface area contributed by atoms with Gasteiger partial charge in [-0.15, -0.1) is 0 Å². The summed E-state index contributed by atoms with van der Waals surface area (Å²) in [5.41, 5.74) is 0.937. The number of aliphatic hydroxyl groups is 1. The average Bonchev–Trinajstić information content (AvgIpc) is 3.07. The van der Waals surface area contributed by atoms with Crippen molar-refractivity contribution in [3.05, 3.63) is 64.8 Å². The summed E-state index contributed by atoms with van der Waals surface area (Å²) < 4.78 is 0. The summed E-state index contributed by atoms with van der Waals surface area (Å²) in [5.74, 6) is -0.345. The van der Waals surface area contributed by atoms with E-state index in [1.165, 1.54) is 0 Å². The van der Waals surface area contributed by atoms with Gasteiger partial charge in [0.1, 0.15) is 0 Å². The third-order valence-corrected chi connectivity index (χ3v) is 4.72. The third kappa shape index (κ3) is 1.79. The number of anilines is 1. The first kappa shape index (κ1) is 14.3. The number of nitrogens with zero attached hydrogens (tertiary/aromatic N) is 1. The predicted octanol–water partition coefficient (Wildman–Crippen LogP) is 3.42. The van der Waals surface area contributed by atoms with Gasteiger partial charge >= 0.3 is 0 Å². The second-order valence-electron chi connectivity index (χ2n) is 5.67. The Hall–Kier alpha value is -2.30. The van der Waals surface area contributed by atoms with Crippen molar-refractivity contribution in [2.45, 2.75) is 12.5 Å². The van der Waals surface area contributed by atoms with Gasteiger partial charge in [0.05, 0.1) is 5.69 Å². The summed E-state index contributed by atoms with van der Waals surface area (Å²) in [4.78, 5) is 17.7. The van der Waals surface area contributed by atoms with Crippen molar-refractivity contribution < 1.29 is 9.90 Å². The summed E-state index contributed by atoms with van der Waals surface area (Å²) in [6.45, 7) is 2.37. The molecular formula is C18H15ClN2O2. The van der Waals surface area contributed by atoms with E-state index in [1.54, 1.807) is 29.3 Å². The maximum absolute atomic E-state index is 13.0. The van der Waals surface area contributed by atoms with Crippen LogP contribution in [0, 0.1) is 0 Å². The number of aromatic amines is 1. The van der Waals surface area contributed by atoms with Crippen LogP contribution in [0.25, 0.3) is 10.9 Å². The van der Waals surface area contributed by atoms with Crippen LogP contribution in [0.1, 0.15) is 18.1 Å². The Balaban J connectivity index is 2.04. The monoisotopic (exact) mass is 326 g/mol. The zero-order valence-corrected chi connectivity index (χ0v) is 13.3. The molecule has 0 bridgehead atoms. The highest BCUT2D eigenvalue weighted by atomic mass is 35.5. The van der Waals surface area contributed by atoms with Gasteiger partial charge in [0.15, 0.2) is 5.60 Å². The molecule has 0 spiro atoms. The number of H-pyrrole nitrogens is 1. The van der Waals surface area contributed by atoms with E-state index in [0.717, 1.165) is 10.9 Å². The molecule has 0 aliphatic carbocycles. The average molecular weight is 327 g/mol.